The fourth-order valence-electron chi connectivity index (χ4n) is 1.74. The lowest BCUT2D eigenvalue weighted by Crippen LogP contribution is -2.43. The molecule has 2 heterocycles. The van der Waals surface area contributed by atoms with Gasteiger partial charge in [0.15, 0.2) is 5.79 Å². The van der Waals surface area contributed by atoms with Gasteiger partial charge in [0.05, 0.1) is 13.2 Å². The number of likely N-dealkylation sites (tertiary alicyclic amines) is 1. The van der Waals surface area contributed by atoms with E-state index in [1.165, 1.54) is 0 Å². The van der Waals surface area contributed by atoms with Crippen LogP contribution >= 0.6 is 0 Å². The van der Waals surface area contributed by atoms with Gasteiger partial charge in [0, 0.05) is 25.9 Å². The highest BCUT2D eigenvalue weighted by molar-refractivity contribution is 4.81. The van der Waals surface area contributed by atoms with Crippen molar-refractivity contribution < 1.29 is 9.47 Å². The number of piperidine rings is 1. The van der Waals surface area contributed by atoms with Gasteiger partial charge in [-0.15, -0.1) is 0 Å². The first-order valence-electron chi connectivity index (χ1n) is 5.27. The van der Waals surface area contributed by atoms with Gasteiger partial charge < -0.3 is 14.4 Å². The summed E-state index contributed by atoms with van der Waals surface area (Å²) in [5.41, 5.74) is 0. The zero-order valence-electron chi connectivity index (χ0n) is 9.01. The highest BCUT2D eigenvalue weighted by Crippen LogP contribution is 2.30. The number of nitrogens with zero attached hydrogens (tertiary/aromatic N) is 1. The van der Waals surface area contributed by atoms with E-state index in [4.69, 9.17) is 9.47 Å². The molecule has 0 atom stereocenters. The third-order valence-corrected chi connectivity index (χ3v) is 2.56. The maximum atomic E-state index is 5.58. The van der Waals surface area contributed by atoms with Crippen molar-refractivity contribution in [2.75, 3.05) is 33.4 Å². The van der Waals surface area contributed by atoms with Crippen LogP contribution in [0.25, 0.3) is 0 Å². The van der Waals surface area contributed by atoms with Crippen LogP contribution in [-0.2, 0) is 9.47 Å². The lowest BCUT2D eigenvalue weighted by Gasteiger charge is -2.35. The normalized spacial score (nSPS) is 27.0. The molecule has 0 aromatic rings. The van der Waals surface area contributed by atoms with Crippen LogP contribution in [0.2, 0.25) is 0 Å². The van der Waals surface area contributed by atoms with E-state index in [0.717, 1.165) is 39.1 Å². The summed E-state index contributed by atoms with van der Waals surface area (Å²) in [7, 11) is 2.14. The number of rotatable bonds is 0. The van der Waals surface area contributed by atoms with E-state index in [0.29, 0.717) is 0 Å². The highest BCUT2D eigenvalue weighted by Gasteiger charge is 2.38. The van der Waals surface area contributed by atoms with Gasteiger partial charge in [-0.2, -0.15) is 0 Å². The summed E-state index contributed by atoms with van der Waals surface area (Å²) in [6, 6.07) is 0. The highest BCUT2D eigenvalue weighted by atomic mass is 16.7. The van der Waals surface area contributed by atoms with Crippen LogP contribution in [0.3, 0.4) is 0 Å². The molecule has 2 fully saturated rings. The van der Waals surface area contributed by atoms with Crippen LogP contribution in [0.1, 0.15) is 26.7 Å². The quantitative estimate of drug-likeness (QED) is 0.573. The maximum absolute atomic E-state index is 5.58. The van der Waals surface area contributed by atoms with Crippen LogP contribution in [0.5, 0.6) is 0 Å². The second-order valence-corrected chi connectivity index (χ2v) is 3.41. The predicted octanol–water partition coefficient (Wildman–Crippen LogP) is 1.48. The van der Waals surface area contributed by atoms with Crippen molar-refractivity contribution in [2.45, 2.75) is 32.5 Å². The number of hydrogen-bond donors (Lipinski definition) is 0. The molecule has 1 spiro atoms. The van der Waals surface area contributed by atoms with Crippen LogP contribution in [0.4, 0.5) is 0 Å². The molecule has 0 unspecified atom stereocenters. The first kappa shape index (κ1) is 11.0. The molecule has 0 saturated carbocycles. The van der Waals surface area contributed by atoms with E-state index in [2.05, 4.69) is 11.9 Å². The monoisotopic (exact) mass is 187 g/mol. The molecule has 0 amide bonds. The molecule has 0 aromatic carbocycles. The summed E-state index contributed by atoms with van der Waals surface area (Å²) in [6.07, 6.45) is 2.06. The Hall–Kier alpha value is -0.120. The summed E-state index contributed by atoms with van der Waals surface area (Å²) in [5, 5.41) is 0. The zero-order chi connectivity index (χ0) is 9.73. The van der Waals surface area contributed by atoms with Crippen LogP contribution in [-0.4, -0.2) is 44.0 Å². The summed E-state index contributed by atoms with van der Waals surface area (Å²) in [5.74, 6) is -0.188. The summed E-state index contributed by atoms with van der Waals surface area (Å²) in [4.78, 5) is 2.32. The van der Waals surface area contributed by atoms with Crippen LogP contribution in [0.15, 0.2) is 0 Å². The van der Waals surface area contributed by atoms with Crippen molar-refractivity contribution in [1.29, 1.82) is 0 Å². The molecule has 0 radical (unpaired) electrons. The minimum absolute atomic E-state index is 0.188. The SMILES string of the molecule is CC.CN1CCC2(CC1)OCCO2. The first-order chi connectivity index (χ1) is 6.31. The molecule has 2 saturated heterocycles. The average Bonchev–Trinajstić information content (AvgIpc) is 2.63. The lowest BCUT2D eigenvalue weighted by molar-refractivity contribution is -0.183. The van der Waals surface area contributed by atoms with Gasteiger partial charge in [-0.1, -0.05) is 13.8 Å². The Morgan fingerprint density at radius 3 is 1.92 bits per heavy atom. The van der Waals surface area contributed by atoms with Crippen molar-refractivity contribution in [3.8, 4) is 0 Å². The predicted molar refractivity (Wildman–Crippen MR) is 52.7 cm³/mol. The van der Waals surface area contributed by atoms with Crippen LogP contribution in [0, 0.1) is 0 Å². The van der Waals surface area contributed by atoms with E-state index in [9.17, 15) is 0 Å². The van der Waals surface area contributed by atoms with Gasteiger partial charge in [-0.25, -0.2) is 0 Å². The third-order valence-electron chi connectivity index (χ3n) is 2.56. The third kappa shape index (κ3) is 2.66. The molecular formula is C10H21NO2. The van der Waals surface area contributed by atoms with Crippen molar-refractivity contribution in [3.05, 3.63) is 0 Å². The molecule has 2 rings (SSSR count). The standard InChI is InChI=1S/C8H15NO2.C2H6/c1-9-4-2-8(3-5-9)10-6-7-11-8;1-2/h2-7H2,1H3;1-2H3. The zero-order valence-corrected chi connectivity index (χ0v) is 9.01. The molecule has 0 aromatic heterocycles. The molecule has 0 N–H and O–H groups in total. The van der Waals surface area contributed by atoms with E-state index in [1.807, 2.05) is 13.8 Å². The van der Waals surface area contributed by atoms with Crippen molar-refractivity contribution in [2.24, 2.45) is 0 Å². The second kappa shape index (κ2) is 4.94. The van der Waals surface area contributed by atoms with Crippen molar-refractivity contribution >= 4 is 0 Å². The molecule has 0 bridgehead atoms. The van der Waals surface area contributed by atoms with Gasteiger partial charge in [0.2, 0.25) is 0 Å². The summed E-state index contributed by atoms with van der Waals surface area (Å²) in [6.45, 7) is 7.76. The smallest absolute Gasteiger partial charge is 0.170 e. The number of ether oxygens (including phenoxy) is 2. The molecular weight excluding hydrogens is 166 g/mol. The van der Waals surface area contributed by atoms with E-state index < -0.39 is 0 Å². The van der Waals surface area contributed by atoms with Crippen LogP contribution < -0.4 is 0 Å². The Labute approximate surface area is 81.0 Å². The van der Waals surface area contributed by atoms with Crippen molar-refractivity contribution in [3.63, 3.8) is 0 Å². The fourth-order valence-corrected chi connectivity index (χ4v) is 1.74. The molecule has 13 heavy (non-hydrogen) atoms. The summed E-state index contributed by atoms with van der Waals surface area (Å²) < 4.78 is 11.2. The van der Waals surface area contributed by atoms with Crippen molar-refractivity contribution in [1.82, 2.24) is 4.90 Å². The molecule has 0 aliphatic carbocycles. The Bertz CT molecular complexity index is 134. The Kier molecular flexibility index (Phi) is 4.16. The van der Waals surface area contributed by atoms with Gasteiger partial charge in [0.25, 0.3) is 0 Å². The molecule has 3 nitrogen and oxygen atoms in total. The Morgan fingerprint density at radius 2 is 1.46 bits per heavy atom. The average molecular weight is 187 g/mol. The number of hydrogen-bond acceptors (Lipinski definition) is 3. The minimum Gasteiger partial charge on any atom is -0.347 e. The molecule has 3 heteroatoms. The minimum atomic E-state index is -0.188. The van der Waals surface area contributed by atoms with E-state index in [1.54, 1.807) is 0 Å². The fraction of sp³-hybridized carbons (Fsp3) is 1.00. The van der Waals surface area contributed by atoms with Gasteiger partial charge in [-0.05, 0) is 7.05 Å². The first-order valence-corrected chi connectivity index (χ1v) is 5.27. The molecule has 2 aliphatic rings. The molecule has 2 aliphatic heterocycles. The van der Waals surface area contributed by atoms with Gasteiger partial charge in [0.1, 0.15) is 0 Å². The lowest BCUT2D eigenvalue weighted by atomic mass is 10.0. The Balaban J connectivity index is 0.000000396. The van der Waals surface area contributed by atoms with Gasteiger partial charge >= 0.3 is 0 Å². The second-order valence-electron chi connectivity index (χ2n) is 3.41. The van der Waals surface area contributed by atoms with E-state index >= 15 is 0 Å². The molecule has 78 valence electrons. The van der Waals surface area contributed by atoms with Gasteiger partial charge in [-0.3, -0.25) is 0 Å². The maximum Gasteiger partial charge on any atom is 0.170 e. The topological polar surface area (TPSA) is 21.7 Å². The largest absolute Gasteiger partial charge is 0.347 e. The Morgan fingerprint density at radius 1 is 1.00 bits per heavy atom. The summed E-state index contributed by atoms with van der Waals surface area (Å²) >= 11 is 0. The van der Waals surface area contributed by atoms with E-state index in [-0.39, 0.29) is 5.79 Å².